The van der Waals surface area contributed by atoms with Gasteiger partial charge >= 0.3 is 0 Å². The number of aromatic nitrogens is 1. The van der Waals surface area contributed by atoms with Gasteiger partial charge in [-0.05, 0) is 68.8 Å². The van der Waals surface area contributed by atoms with Gasteiger partial charge < -0.3 is 24.4 Å². The van der Waals surface area contributed by atoms with Crippen LogP contribution in [0.4, 0.5) is 5.82 Å². The van der Waals surface area contributed by atoms with Crippen molar-refractivity contribution in [2.45, 2.75) is 50.5 Å². The number of hydrogen-bond acceptors (Lipinski definition) is 9. The molecule has 40 heavy (non-hydrogen) atoms. The average molecular weight is 591 g/mol. The summed E-state index contributed by atoms with van der Waals surface area (Å²) in [6, 6.07) is 13.9. The lowest BCUT2D eigenvalue weighted by molar-refractivity contribution is 0.102. The third kappa shape index (κ3) is 9.75. The zero-order valence-electron chi connectivity index (χ0n) is 23.2. The molecule has 0 saturated carbocycles. The van der Waals surface area contributed by atoms with Crippen molar-refractivity contribution in [3.8, 4) is 17.2 Å². The minimum atomic E-state index is -3.36. The summed E-state index contributed by atoms with van der Waals surface area (Å²) in [4.78, 5) is 17.6. The van der Waals surface area contributed by atoms with E-state index in [1.165, 1.54) is 30.3 Å². The van der Waals surface area contributed by atoms with Crippen LogP contribution in [0.1, 0.15) is 43.1 Å². The second-order valence-electron chi connectivity index (χ2n) is 9.81. The van der Waals surface area contributed by atoms with Gasteiger partial charge in [0.2, 0.25) is 7.37 Å². The van der Waals surface area contributed by atoms with E-state index < -0.39 is 23.1 Å². The highest BCUT2D eigenvalue weighted by Gasteiger charge is 2.19. The summed E-state index contributed by atoms with van der Waals surface area (Å²) in [7, 11) is -6.19. The smallest absolute Gasteiger partial charge is 0.257 e. The van der Waals surface area contributed by atoms with Crippen molar-refractivity contribution in [3.63, 3.8) is 0 Å². The summed E-state index contributed by atoms with van der Waals surface area (Å²) < 4.78 is 53.4. The average Bonchev–Trinajstić information content (AvgIpc) is 2.84. The SMILES string of the molecule is CC(C)OP(C)(=O)Cc1ccc(NC(=O)c2cc(Oc3ccc(S(C)(=O)=O)cc3)cc(O[C@@H](C)CCO)c2)nc1. The minimum Gasteiger partial charge on any atom is -0.490 e. The Hall–Kier alpha value is -3.24. The van der Waals surface area contributed by atoms with Gasteiger partial charge in [-0.25, -0.2) is 13.4 Å². The lowest BCUT2D eigenvalue weighted by Gasteiger charge is -2.17. The summed E-state index contributed by atoms with van der Waals surface area (Å²) in [5.41, 5.74) is 0.945. The van der Waals surface area contributed by atoms with Gasteiger partial charge in [-0.2, -0.15) is 0 Å². The van der Waals surface area contributed by atoms with E-state index in [9.17, 15) is 22.9 Å². The van der Waals surface area contributed by atoms with Gasteiger partial charge in [0, 0.05) is 43.8 Å². The summed E-state index contributed by atoms with van der Waals surface area (Å²) >= 11 is 0. The second-order valence-corrected chi connectivity index (χ2v) is 14.4. The first-order valence-corrected chi connectivity index (χ1v) is 16.8. The third-order valence-corrected chi connectivity index (χ3v) is 8.41. The Morgan fingerprint density at radius 1 is 1.02 bits per heavy atom. The maximum Gasteiger partial charge on any atom is 0.257 e. The van der Waals surface area contributed by atoms with E-state index in [-0.39, 0.29) is 41.2 Å². The van der Waals surface area contributed by atoms with Crippen LogP contribution < -0.4 is 14.8 Å². The Morgan fingerprint density at radius 3 is 2.27 bits per heavy atom. The number of ether oxygens (including phenoxy) is 2. The number of rotatable bonds is 13. The van der Waals surface area contributed by atoms with E-state index in [1.807, 2.05) is 13.8 Å². The zero-order valence-corrected chi connectivity index (χ0v) is 24.9. The number of anilines is 1. The Kier molecular flexibility index (Phi) is 10.5. The van der Waals surface area contributed by atoms with Crippen LogP contribution in [0.3, 0.4) is 0 Å². The fraction of sp³-hybridized carbons (Fsp3) is 0.357. The molecule has 216 valence electrons. The van der Waals surface area contributed by atoms with Gasteiger partial charge in [-0.1, -0.05) is 6.07 Å². The third-order valence-electron chi connectivity index (χ3n) is 5.47. The molecule has 1 heterocycles. The molecule has 0 aliphatic rings. The lowest BCUT2D eigenvalue weighted by atomic mass is 10.1. The number of aliphatic hydroxyl groups excluding tert-OH is 1. The molecule has 2 atom stereocenters. The van der Waals surface area contributed by atoms with Gasteiger partial charge in [0.1, 0.15) is 23.1 Å². The van der Waals surface area contributed by atoms with E-state index in [4.69, 9.17) is 14.0 Å². The number of pyridine rings is 1. The second kappa shape index (κ2) is 13.4. The van der Waals surface area contributed by atoms with Crippen LogP contribution in [0.15, 0.2) is 65.7 Å². The molecule has 10 nitrogen and oxygen atoms in total. The Labute approximate surface area is 235 Å². The Bertz CT molecular complexity index is 1460. The molecule has 3 rings (SSSR count). The molecule has 0 aliphatic carbocycles. The number of nitrogens with one attached hydrogen (secondary N) is 1. The first-order valence-electron chi connectivity index (χ1n) is 12.7. The number of carbonyl (C=O) groups excluding carboxylic acids is 1. The molecule has 0 bridgehead atoms. The maximum absolute atomic E-state index is 13.1. The number of hydrogen-bond donors (Lipinski definition) is 2. The fourth-order valence-corrected chi connectivity index (χ4v) is 6.24. The number of nitrogens with zero attached hydrogens (tertiary/aromatic N) is 1. The first-order chi connectivity index (χ1) is 18.7. The normalized spacial score (nSPS) is 13.9. The van der Waals surface area contributed by atoms with Gasteiger partial charge in [0.15, 0.2) is 9.84 Å². The van der Waals surface area contributed by atoms with Crippen molar-refractivity contribution in [1.29, 1.82) is 0 Å². The van der Waals surface area contributed by atoms with Crippen LogP contribution >= 0.6 is 7.37 Å². The van der Waals surface area contributed by atoms with Crippen molar-refractivity contribution in [2.24, 2.45) is 0 Å². The van der Waals surface area contributed by atoms with Crippen molar-refractivity contribution in [3.05, 3.63) is 71.9 Å². The van der Waals surface area contributed by atoms with Crippen molar-refractivity contribution in [2.75, 3.05) is 24.8 Å². The summed E-state index contributed by atoms with van der Waals surface area (Å²) in [6.07, 6.45) is 2.80. The fourth-order valence-electron chi connectivity index (χ4n) is 3.79. The van der Waals surface area contributed by atoms with Gasteiger partial charge in [0.25, 0.3) is 5.91 Å². The van der Waals surface area contributed by atoms with Crippen molar-refractivity contribution in [1.82, 2.24) is 4.98 Å². The van der Waals surface area contributed by atoms with Crippen LogP contribution in [0.25, 0.3) is 0 Å². The number of aliphatic hydroxyl groups is 1. The molecule has 1 aromatic heterocycles. The van der Waals surface area contributed by atoms with Crippen LogP contribution in [0.2, 0.25) is 0 Å². The molecule has 0 aliphatic heterocycles. The first kappa shape index (κ1) is 31.3. The summed E-state index contributed by atoms with van der Waals surface area (Å²) in [6.45, 7) is 6.96. The number of carbonyl (C=O) groups is 1. The molecule has 0 fully saturated rings. The topological polar surface area (TPSA) is 141 Å². The molecule has 2 aromatic carbocycles. The van der Waals surface area contributed by atoms with E-state index in [2.05, 4.69) is 10.3 Å². The zero-order chi connectivity index (χ0) is 29.5. The quantitative estimate of drug-likeness (QED) is 0.246. The molecular weight excluding hydrogens is 555 g/mol. The van der Waals surface area contributed by atoms with Crippen molar-refractivity contribution >= 4 is 28.9 Å². The molecule has 0 spiro atoms. The number of sulfone groups is 1. The summed E-state index contributed by atoms with van der Waals surface area (Å²) in [5, 5.41) is 12.0. The van der Waals surface area contributed by atoms with Crippen LogP contribution in [-0.2, 0) is 25.1 Å². The van der Waals surface area contributed by atoms with Gasteiger partial charge in [-0.15, -0.1) is 0 Å². The van der Waals surface area contributed by atoms with E-state index in [0.29, 0.717) is 23.7 Å². The predicted octanol–water partition coefficient (Wildman–Crippen LogP) is 5.51. The molecule has 2 N–H and O–H groups in total. The molecule has 3 aromatic rings. The number of amides is 1. The highest BCUT2D eigenvalue weighted by Crippen LogP contribution is 2.47. The van der Waals surface area contributed by atoms with Crippen LogP contribution in [0, 0.1) is 0 Å². The van der Waals surface area contributed by atoms with E-state index >= 15 is 0 Å². The molecule has 1 amide bonds. The maximum atomic E-state index is 13.1. The Balaban J connectivity index is 1.81. The van der Waals surface area contributed by atoms with Crippen LogP contribution in [-0.4, -0.2) is 56.2 Å². The largest absolute Gasteiger partial charge is 0.490 e. The molecular formula is C28H35N2O8PS. The van der Waals surface area contributed by atoms with Gasteiger partial charge in [-0.3, -0.25) is 9.36 Å². The van der Waals surface area contributed by atoms with Crippen LogP contribution in [0.5, 0.6) is 17.2 Å². The molecule has 12 heteroatoms. The lowest BCUT2D eigenvalue weighted by Crippen LogP contribution is -2.16. The van der Waals surface area contributed by atoms with Crippen molar-refractivity contribution < 1.29 is 36.9 Å². The standard InChI is InChI=1S/C28H35N2O8PS/c1-19(2)38-39(4,33)18-21-6-11-27(29-17-21)30-28(32)22-14-24(36-20(3)12-13-31)16-25(15-22)37-23-7-9-26(10-8-23)40(5,34)35/h6-11,14-17,19-20,31H,12-13,18H2,1-5H3,(H,29,30,32)/t20-,39?/m0/s1. The van der Waals surface area contributed by atoms with Gasteiger partial charge in [0.05, 0.1) is 23.3 Å². The molecule has 0 saturated heterocycles. The minimum absolute atomic E-state index is 0.0594. The summed E-state index contributed by atoms with van der Waals surface area (Å²) in [5.74, 6) is 0.832. The van der Waals surface area contributed by atoms with E-state index in [1.54, 1.807) is 44.1 Å². The highest BCUT2D eigenvalue weighted by atomic mass is 32.2. The molecule has 1 unspecified atom stereocenters. The highest BCUT2D eigenvalue weighted by molar-refractivity contribution is 7.90. The monoisotopic (exact) mass is 590 g/mol. The Morgan fingerprint density at radius 2 is 1.70 bits per heavy atom. The molecule has 0 radical (unpaired) electrons. The predicted molar refractivity (Wildman–Crippen MR) is 154 cm³/mol. The van der Waals surface area contributed by atoms with E-state index in [0.717, 1.165) is 11.8 Å². The number of benzene rings is 2.